The number of rotatable bonds is 3. The molecule has 3 rings (SSSR count). The van der Waals surface area contributed by atoms with Crippen molar-refractivity contribution in [1.82, 2.24) is 14.9 Å². The van der Waals surface area contributed by atoms with Gasteiger partial charge in [-0.3, -0.25) is 4.90 Å². The normalized spacial score (nSPS) is 21.7. The smallest absolute Gasteiger partial charge is 0.190 e. The van der Waals surface area contributed by atoms with Gasteiger partial charge in [-0.05, 0) is 12.8 Å². The maximum atomic E-state index is 8.57. The van der Waals surface area contributed by atoms with Gasteiger partial charge < -0.3 is 15.8 Å². The van der Waals surface area contributed by atoms with Gasteiger partial charge in [0.15, 0.2) is 5.84 Å². The Morgan fingerprint density at radius 1 is 1.21 bits per heavy atom. The van der Waals surface area contributed by atoms with Crippen molar-refractivity contribution in [3.8, 4) is 0 Å². The van der Waals surface area contributed by atoms with Crippen LogP contribution in [0.15, 0.2) is 17.5 Å². The lowest BCUT2D eigenvalue weighted by Crippen LogP contribution is -2.47. The van der Waals surface area contributed by atoms with Crippen molar-refractivity contribution in [3.63, 3.8) is 0 Å². The summed E-state index contributed by atoms with van der Waals surface area (Å²) in [5.74, 6) is 0.836. The molecule has 7 heteroatoms. The Morgan fingerprint density at radius 3 is 2.47 bits per heavy atom. The fraction of sp³-hybridized carbons (Fsp3) is 0.583. The molecule has 19 heavy (non-hydrogen) atoms. The summed E-state index contributed by atoms with van der Waals surface area (Å²) in [7, 11) is 0. The predicted octanol–water partition coefficient (Wildman–Crippen LogP) is -0.145. The first-order chi connectivity index (χ1) is 9.28. The van der Waals surface area contributed by atoms with E-state index in [-0.39, 0.29) is 5.84 Å². The van der Waals surface area contributed by atoms with Gasteiger partial charge in [-0.1, -0.05) is 5.16 Å². The van der Waals surface area contributed by atoms with Crippen LogP contribution in [0.3, 0.4) is 0 Å². The van der Waals surface area contributed by atoms with E-state index < -0.39 is 0 Å². The van der Waals surface area contributed by atoms with Crippen LogP contribution >= 0.6 is 0 Å². The molecule has 0 aromatic carbocycles. The lowest BCUT2D eigenvalue weighted by atomic mass is 10.3. The zero-order chi connectivity index (χ0) is 13.2. The summed E-state index contributed by atoms with van der Waals surface area (Å²) in [6.45, 7) is 4.14. The molecule has 0 spiro atoms. The fourth-order valence-corrected chi connectivity index (χ4v) is 2.42. The van der Waals surface area contributed by atoms with Crippen molar-refractivity contribution in [2.24, 2.45) is 10.9 Å². The second-order valence-corrected chi connectivity index (χ2v) is 5.00. The molecule has 0 atom stereocenters. The van der Waals surface area contributed by atoms with Gasteiger partial charge in [0.05, 0.1) is 12.4 Å². The number of nitrogens with two attached hydrogens (primary N) is 1. The number of oxime groups is 1. The third-order valence-electron chi connectivity index (χ3n) is 3.71. The Hall–Kier alpha value is -1.89. The summed E-state index contributed by atoms with van der Waals surface area (Å²) in [6, 6.07) is 0.830. The Kier molecular flexibility index (Phi) is 3.20. The van der Waals surface area contributed by atoms with Crippen molar-refractivity contribution in [2.45, 2.75) is 18.9 Å². The highest BCUT2D eigenvalue weighted by atomic mass is 16.4. The van der Waals surface area contributed by atoms with Crippen molar-refractivity contribution < 1.29 is 5.21 Å². The molecule has 102 valence electrons. The zero-order valence-electron chi connectivity index (χ0n) is 10.7. The van der Waals surface area contributed by atoms with Gasteiger partial charge in [-0.2, -0.15) is 0 Å². The second-order valence-electron chi connectivity index (χ2n) is 5.00. The highest BCUT2D eigenvalue weighted by molar-refractivity contribution is 5.94. The summed E-state index contributed by atoms with van der Waals surface area (Å²) in [5.41, 5.74) is 5.85. The first-order valence-electron chi connectivity index (χ1n) is 6.57. The van der Waals surface area contributed by atoms with Crippen LogP contribution in [0.2, 0.25) is 0 Å². The summed E-state index contributed by atoms with van der Waals surface area (Å²) in [4.78, 5) is 13.3. The summed E-state index contributed by atoms with van der Waals surface area (Å²) < 4.78 is 0. The molecule has 0 radical (unpaired) electrons. The third-order valence-corrected chi connectivity index (χ3v) is 3.71. The molecule has 1 saturated carbocycles. The van der Waals surface area contributed by atoms with E-state index in [0.29, 0.717) is 5.69 Å². The molecule has 2 heterocycles. The van der Waals surface area contributed by atoms with Gasteiger partial charge in [-0.15, -0.1) is 0 Å². The summed E-state index contributed by atoms with van der Waals surface area (Å²) in [6.07, 6.45) is 5.93. The Labute approximate surface area is 111 Å². The van der Waals surface area contributed by atoms with Crippen molar-refractivity contribution in [1.29, 1.82) is 0 Å². The minimum Gasteiger partial charge on any atom is -0.409 e. The fourth-order valence-electron chi connectivity index (χ4n) is 2.42. The average molecular weight is 262 g/mol. The van der Waals surface area contributed by atoms with Crippen LogP contribution in [-0.4, -0.2) is 58.1 Å². The maximum absolute atomic E-state index is 8.57. The van der Waals surface area contributed by atoms with Crippen molar-refractivity contribution >= 4 is 11.7 Å². The lowest BCUT2D eigenvalue weighted by Gasteiger charge is -2.35. The monoisotopic (exact) mass is 262 g/mol. The third kappa shape index (κ3) is 2.60. The molecule has 0 bridgehead atoms. The Balaban J connectivity index is 1.63. The zero-order valence-corrected chi connectivity index (χ0v) is 10.7. The van der Waals surface area contributed by atoms with E-state index in [9.17, 15) is 0 Å². The van der Waals surface area contributed by atoms with Gasteiger partial charge in [0.25, 0.3) is 0 Å². The molecule has 7 nitrogen and oxygen atoms in total. The minimum absolute atomic E-state index is 0.0161. The van der Waals surface area contributed by atoms with Crippen molar-refractivity contribution in [3.05, 3.63) is 18.1 Å². The minimum atomic E-state index is -0.0161. The highest BCUT2D eigenvalue weighted by Crippen LogP contribution is 2.28. The first-order valence-corrected chi connectivity index (χ1v) is 6.57. The van der Waals surface area contributed by atoms with Crippen LogP contribution in [0.5, 0.6) is 0 Å². The average Bonchev–Trinajstić information content (AvgIpc) is 3.31. The molecule has 3 N–H and O–H groups in total. The number of hydrogen-bond acceptors (Lipinski definition) is 6. The SMILES string of the molecule is NC(=NO)c1cnc(N2CCN(C3CC3)CC2)cn1. The van der Waals surface area contributed by atoms with E-state index in [1.165, 1.54) is 19.0 Å². The van der Waals surface area contributed by atoms with E-state index in [0.717, 1.165) is 38.0 Å². The number of hydrogen-bond donors (Lipinski definition) is 2. The molecule has 0 unspecified atom stereocenters. The molecular weight excluding hydrogens is 244 g/mol. The van der Waals surface area contributed by atoms with Gasteiger partial charge in [0.1, 0.15) is 11.5 Å². The topological polar surface area (TPSA) is 90.9 Å². The van der Waals surface area contributed by atoms with Crippen LogP contribution in [0.4, 0.5) is 5.82 Å². The van der Waals surface area contributed by atoms with E-state index >= 15 is 0 Å². The molecule has 1 saturated heterocycles. The summed E-state index contributed by atoms with van der Waals surface area (Å²) in [5, 5.41) is 11.5. The lowest BCUT2D eigenvalue weighted by molar-refractivity contribution is 0.247. The van der Waals surface area contributed by atoms with Crippen LogP contribution in [0.25, 0.3) is 0 Å². The number of nitrogens with zero attached hydrogens (tertiary/aromatic N) is 5. The standard InChI is InChI=1S/C12H18N6O/c13-12(16-19)10-7-15-11(8-14-10)18-5-3-17(4-6-18)9-1-2-9/h7-9,19H,1-6H2,(H2,13,16). The number of anilines is 1. The van der Waals surface area contributed by atoms with Crippen LogP contribution < -0.4 is 10.6 Å². The van der Waals surface area contributed by atoms with E-state index in [1.54, 1.807) is 6.20 Å². The van der Waals surface area contributed by atoms with E-state index in [2.05, 4.69) is 24.9 Å². The molecule has 2 fully saturated rings. The number of aromatic nitrogens is 2. The Morgan fingerprint density at radius 2 is 1.95 bits per heavy atom. The predicted molar refractivity (Wildman–Crippen MR) is 71.4 cm³/mol. The maximum Gasteiger partial charge on any atom is 0.190 e. The Bertz CT molecular complexity index is 462. The quantitative estimate of drug-likeness (QED) is 0.341. The molecule has 0 amide bonds. The van der Waals surface area contributed by atoms with Gasteiger partial charge >= 0.3 is 0 Å². The van der Waals surface area contributed by atoms with Crippen molar-refractivity contribution in [2.75, 3.05) is 31.1 Å². The van der Waals surface area contributed by atoms with Gasteiger partial charge in [0.2, 0.25) is 0 Å². The molecule has 1 aliphatic carbocycles. The van der Waals surface area contributed by atoms with Crippen LogP contribution in [0.1, 0.15) is 18.5 Å². The molecule has 1 aromatic heterocycles. The second kappa shape index (κ2) is 5.00. The summed E-state index contributed by atoms with van der Waals surface area (Å²) >= 11 is 0. The van der Waals surface area contributed by atoms with Crippen LogP contribution in [-0.2, 0) is 0 Å². The number of piperazine rings is 1. The van der Waals surface area contributed by atoms with E-state index in [4.69, 9.17) is 10.9 Å². The number of amidine groups is 1. The first kappa shape index (κ1) is 12.2. The molecule has 2 aliphatic rings. The highest BCUT2D eigenvalue weighted by Gasteiger charge is 2.31. The van der Waals surface area contributed by atoms with Gasteiger partial charge in [0, 0.05) is 32.2 Å². The van der Waals surface area contributed by atoms with E-state index in [1.807, 2.05) is 0 Å². The van der Waals surface area contributed by atoms with Gasteiger partial charge in [-0.25, -0.2) is 9.97 Å². The molecule has 1 aliphatic heterocycles. The van der Waals surface area contributed by atoms with Crippen LogP contribution in [0, 0.1) is 0 Å². The molecule has 1 aromatic rings. The molecular formula is C12H18N6O. The largest absolute Gasteiger partial charge is 0.409 e.